The van der Waals surface area contributed by atoms with Crippen LogP contribution >= 0.6 is 15.9 Å². The van der Waals surface area contributed by atoms with Gasteiger partial charge >= 0.3 is 0 Å². The number of ketones is 1. The van der Waals surface area contributed by atoms with Crippen molar-refractivity contribution in [3.05, 3.63) is 69.8 Å². The number of H-pyrrole nitrogens is 1. The predicted octanol–water partition coefficient (Wildman–Crippen LogP) is 4.92. The van der Waals surface area contributed by atoms with Crippen LogP contribution in [0.25, 0.3) is 10.9 Å². The van der Waals surface area contributed by atoms with Crippen LogP contribution in [0.3, 0.4) is 0 Å². The molecule has 21 heavy (non-hydrogen) atoms. The zero-order valence-electron chi connectivity index (χ0n) is 11.8. The lowest BCUT2D eigenvalue weighted by Gasteiger charge is -2.02. The Morgan fingerprint density at radius 3 is 2.76 bits per heavy atom. The van der Waals surface area contributed by atoms with Crippen LogP contribution < -0.4 is 0 Å². The zero-order chi connectivity index (χ0) is 14.8. The first-order valence-corrected chi connectivity index (χ1v) is 7.85. The van der Waals surface area contributed by atoms with Crippen LogP contribution in [0, 0.1) is 0 Å². The van der Waals surface area contributed by atoms with E-state index in [9.17, 15) is 4.79 Å². The molecule has 0 radical (unpaired) electrons. The Kier molecular flexibility index (Phi) is 3.93. The number of benzene rings is 2. The summed E-state index contributed by atoms with van der Waals surface area (Å²) >= 11 is 3.44. The number of carbonyl (C=O) groups is 1. The Labute approximate surface area is 132 Å². The second kappa shape index (κ2) is 5.86. The van der Waals surface area contributed by atoms with Crippen molar-refractivity contribution in [3.63, 3.8) is 0 Å². The van der Waals surface area contributed by atoms with Gasteiger partial charge in [0.2, 0.25) is 0 Å². The van der Waals surface area contributed by atoms with Crippen LogP contribution in [-0.2, 0) is 12.8 Å². The maximum absolute atomic E-state index is 12.6. The lowest BCUT2D eigenvalue weighted by Crippen LogP contribution is -2.02. The molecule has 0 aliphatic carbocycles. The van der Waals surface area contributed by atoms with E-state index in [4.69, 9.17) is 0 Å². The molecule has 2 aromatic carbocycles. The van der Waals surface area contributed by atoms with E-state index < -0.39 is 0 Å². The quantitative estimate of drug-likeness (QED) is 0.671. The first-order chi connectivity index (χ1) is 10.2. The highest BCUT2D eigenvalue weighted by molar-refractivity contribution is 9.10. The summed E-state index contributed by atoms with van der Waals surface area (Å²) in [5, 5.41) is 1.02. The first kappa shape index (κ1) is 14.1. The number of Topliss-reactive ketones (excluding diaryl/α,β-unsaturated/α-hetero) is 1. The molecule has 0 aliphatic heterocycles. The summed E-state index contributed by atoms with van der Waals surface area (Å²) < 4.78 is 1.000. The molecule has 0 unspecified atom stereocenters. The molecular formula is C18H16BrNO. The molecule has 1 heterocycles. The summed E-state index contributed by atoms with van der Waals surface area (Å²) in [6.07, 6.45) is 3.21. The number of hydrogen-bond acceptors (Lipinski definition) is 1. The van der Waals surface area contributed by atoms with Gasteiger partial charge in [-0.2, -0.15) is 0 Å². The van der Waals surface area contributed by atoms with Crippen molar-refractivity contribution >= 4 is 32.6 Å². The van der Waals surface area contributed by atoms with Crippen LogP contribution in [0.1, 0.15) is 28.4 Å². The van der Waals surface area contributed by atoms with E-state index in [1.54, 1.807) is 0 Å². The van der Waals surface area contributed by atoms with E-state index >= 15 is 0 Å². The summed E-state index contributed by atoms with van der Waals surface area (Å²) in [7, 11) is 0. The third-order valence-corrected chi connectivity index (χ3v) is 4.23. The number of hydrogen-bond donors (Lipinski definition) is 1. The van der Waals surface area contributed by atoms with Crippen molar-refractivity contribution in [1.29, 1.82) is 0 Å². The molecule has 0 amide bonds. The summed E-state index contributed by atoms with van der Waals surface area (Å²) in [6, 6.07) is 14.0. The number of aromatic amines is 1. The molecule has 3 heteroatoms. The minimum Gasteiger partial charge on any atom is -0.360 e. The van der Waals surface area contributed by atoms with Gasteiger partial charge in [-0.3, -0.25) is 4.79 Å². The van der Waals surface area contributed by atoms with Crippen molar-refractivity contribution in [2.45, 2.75) is 19.8 Å². The monoisotopic (exact) mass is 341 g/mol. The Balaban J connectivity index is 1.95. The van der Waals surface area contributed by atoms with Gasteiger partial charge < -0.3 is 4.98 Å². The maximum Gasteiger partial charge on any atom is 0.169 e. The number of carbonyl (C=O) groups excluding carboxylic acids is 1. The fourth-order valence-electron chi connectivity index (χ4n) is 2.67. The summed E-state index contributed by atoms with van der Waals surface area (Å²) in [6.45, 7) is 2.12. The third kappa shape index (κ3) is 2.79. The molecule has 1 aromatic heterocycles. The highest BCUT2D eigenvalue weighted by Gasteiger charge is 2.14. The molecular weight excluding hydrogens is 326 g/mol. The van der Waals surface area contributed by atoms with E-state index in [-0.39, 0.29) is 5.78 Å². The number of fused-ring (bicyclic) bond motifs is 1. The van der Waals surface area contributed by atoms with Gasteiger partial charge in [-0.05, 0) is 29.7 Å². The normalized spacial score (nSPS) is 11.0. The van der Waals surface area contributed by atoms with E-state index in [1.807, 2.05) is 42.6 Å². The molecule has 3 rings (SSSR count). The first-order valence-electron chi connectivity index (χ1n) is 7.05. The Bertz CT molecular complexity index is 804. The van der Waals surface area contributed by atoms with Gasteiger partial charge in [-0.25, -0.2) is 0 Å². The van der Waals surface area contributed by atoms with E-state index in [0.717, 1.165) is 32.9 Å². The van der Waals surface area contributed by atoms with E-state index in [1.165, 1.54) is 5.56 Å². The topological polar surface area (TPSA) is 32.9 Å². The molecule has 106 valence electrons. The number of para-hydroxylation sites is 1. The third-order valence-electron chi connectivity index (χ3n) is 3.74. The SMILES string of the molecule is CCc1cccc2c(C(=O)Cc3cccc(Br)c3)c[nH]c12. The van der Waals surface area contributed by atoms with Gasteiger partial charge in [0.15, 0.2) is 5.78 Å². The van der Waals surface area contributed by atoms with Crippen LogP contribution in [0.15, 0.2) is 53.1 Å². The van der Waals surface area contributed by atoms with E-state index in [0.29, 0.717) is 6.42 Å². The minimum atomic E-state index is 0.146. The van der Waals surface area contributed by atoms with Crippen molar-refractivity contribution in [2.24, 2.45) is 0 Å². The van der Waals surface area contributed by atoms with E-state index in [2.05, 4.69) is 33.9 Å². The van der Waals surface area contributed by atoms with Crippen molar-refractivity contribution in [2.75, 3.05) is 0 Å². The smallest absolute Gasteiger partial charge is 0.169 e. The molecule has 0 spiro atoms. The molecule has 0 bridgehead atoms. The van der Waals surface area contributed by atoms with Crippen molar-refractivity contribution < 1.29 is 4.79 Å². The fraction of sp³-hybridized carbons (Fsp3) is 0.167. The van der Waals surface area contributed by atoms with Crippen LogP contribution in [0.5, 0.6) is 0 Å². The average Bonchev–Trinajstić information content (AvgIpc) is 2.91. The molecule has 0 fully saturated rings. The lowest BCUT2D eigenvalue weighted by molar-refractivity contribution is 0.0994. The fourth-order valence-corrected chi connectivity index (χ4v) is 3.12. The second-order valence-corrected chi connectivity index (χ2v) is 6.04. The molecule has 2 nitrogen and oxygen atoms in total. The minimum absolute atomic E-state index is 0.146. The largest absolute Gasteiger partial charge is 0.360 e. The molecule has 0 saturated carbocycles. The Hall–Kier alpha value is -1.87. The van der Waals surface area contributed by atoms with Crippen LogP contribution in [0.2, 0.25) is 0 Å². The molecule has 1 N–H and O–H groups in total. The van der Waals surface area contributed by atoms with Gasteiger partial charge in [0.25, 0.3) is 0 Å². The Morgan fingerprint density at radius 1 is 1.19 bits per heavy atom. The van der Waals surface area contributed by atoms with Gasteiger partial charge in [0.05, 0.1) is 0 Å². The number of halogens is 1. The lowest BCUT2D eigenvalue weighted by atomic mass is 10.0. The van der Waals surface area contributed by atoms with Crippen LogP contribution in [0.4, 0.5) is 0 Å². The summed E-state index contributed by atoms with van der Waals surface area (Å²) in [5.74, 6) is 0.146. The zero-order valence-corrected chi connectivity index (χ0v) is 13.4. The van der Waals surface area contributed by atoms with Gasteiger partial charge in [0, 0.05) is 33.6 Å². The maximum atomic E-state index is 12.6. The molecule has 0 aliphatic rings. The van der Waals surface area contributed by atoms with Gasteiger partial charge in [-0.1, -0.05) is 53.2 Å². The summed E-state index contributed by atoms with van der Waals surface area (Å²) in [4.78, 5) is 15.8. The molecule has 0 atom stereocenters. The van der Waals surface area contributed by atoms with Crippen molar-refractivity contribution in [1.82, 2.24) is 4.98 Å². The molecule has 0 saturated heterocycles. The number of nitrogens with one attached hydrogen (secondary N) is 1. The van der Waals surface area contributed by atoms with Gasteiger partial charge in [-0.15, -0.1) is 0 Å². The highest BCUT2D eigenvalue weighted by atomic mass is 79.9. The number of rotatable bonds is 4. The predicted molar refractivity (Wildman–Crippen MR) is 89.9 cm³/mol. The standard InChI is InChI=1S/C18H16BrNO/c1-2-13-6-4-8-15-16(11-20-18(13)15)17(21)10-12-5-3-7-14(19)9-12/h3-9,11,20H,2,10H2,1H3. The number of aryl methyl sites for hydroxylation is 1. The summed E-state index contributed by atoms with van der Waals surface area (Å²) in [5.41, 5.74) is 4.13. The average molecular weight is 342 g/mol. The highest BCUT2D eigenvalue weighted by Crippen LogP contribution is 2.24. The molecule has 3 aromatic rings. The Morgan fingerprint density at radius 2 is 2.00 bits per heavy atom. The van der Waals surface area contributed by atoms with Crippen LogP contribution in [-0.4, -0.2) is 10.8 Å². The number of aromatic nitrogens is 1. The van der Waals surface area contributed by atoms with Gasteiger partial charge in [0.1, 0.15) is 0 Å². The second-order valence-electron chi connectivity index (χ2n) is 5.13. The van der Waals surface area contributed by atoms with Crippen molar-refractivity contribution in [3.8, 4) is 0 Å².